The fourth-order valence-electron chi connectivity index (χ4n) is 5.06. The van der Waals surface area contributed by atoms with Gasteiger partial charge in [0.05, 0.1) is 13.7 Å². The number of carbonyl (C=O) groups excluding carboxylic acids is 2. The van der Waals surface area contributed by atoms with Crippen LogP contribution in [0.5, 0.6) is 11.5 Å². The van der Waals surface area contributed by atoms with E-state index in [4.69, 9.17) is 29.0 Å². The van der Waals surface area contributed by atoms with Gasteiger partial charge in [0, 0.05) is 53.3 Å². The van der Waals surface area contributed by atoms with E-state index in [9.17, 15) is 15.1 Å². The Labute approximate surface area is 273 Å². The molecule has 0 unspecified atom stereocenters. The maximum atomic E-state index is 14.4. The molecule has 47 heavy (non-hydrogen) atoms. The van der Waals surface area contributed by atoms with Gasteiger partial charge in [-0.15, -0.1) is 0 Å². The molecule has 3 N–H and O–H groups in total. The Morgan fingerprint density at radius 2 is 1.81 bits per heavy atom. The second-order valence-electron chi connectivity index (χ2n) is 11.7. The lowest BCUT2D eigenvalue weighted by molar-refractivity contribution is -0.155. The van der Waals surface area contributed by atoms with E-state index < -0.39 is 29.1 Å². The van der Waals surface area contributed by atoms with Gasteiger partial charge in [0.25, 0.3) is 5.91 Å². The van der Waals surface area contributed by atoms with Crippen molar-refractivity contribution in [1.82, 2.24) is 10.9 Å². The van der Waals surface area contributed by atoms with Crippen molar-refractivity contribution in [2.24, 2.45) is 10.1 Å². The first-order valence-corrected chi connectivity index (χ1v) is 15.2. The van der Waals surface area contributed by atoms with E-state index in [0.717, 1.165) is 5.56 Å². The highest BCUT2D eigenvalue weighted by molar-refractivity contribution is 6.01. The highest BCUT2D eigenvalue weighted by Gasteiger charge is 2.54. The predicted molar refractivity (Wildman–Crippen MR) is 175 cm³/mol. The van der Waals surface area contributed by atoms with Gasteiger partial charge in [-0.2, -0.15) is 0 Å². The Morgan fingerprint density at radius 3 is 2.51 bits per heavy atom. The van der Waals surface area contributed by atoms with Gasteiger partial charge in [-0.1, -0.05) is 47.6 Å². The van der Waals surface area contributed by atoms with Gasteiger partial charge < -0.3 is 24.1 Å². The number of aliphatic hydroxyl groups excluding tert-OH is 1. The number of ether oxygens (including phenoxy) is 4. The molecule has 1 aliphatic heterocycles. The minimum Gasteiger partial charge on any atom is -0.496 e. The van der Waals surface area contributed by atoms with Crippen LogP contribution in [0.25, 0.3) is 10.4 Å². The Hall–Kier alpha value is -5.10. The van der Waals surface area contributed by atoms with Gasteiger partial charge in [-0.3, -0.25) is 15.0 Å². The van der Waals surface area contributed by atoms with Crippen LogP contribution in [0.2, 0.25) is 0 Å². The number of aliphatic hydroxyl groups is 1. The summed E-state index contributed by atoms with van der Waals surface area (Å²) in [5.74, 6) is 0.290. The van der Waals surface area contributed by atoms with Crippen LogP contribution in [0.1, 0.15) is 62.8 Å². The first-order valence-electron chi connectivity index (χ1n) is 15.2. The first-order chi connectivity index (χ1) is 22.6. The van der Waals surface area contributed by atoms with Crippen molar-refractivity contribution in [3.63, 3.8) is 0 Å². The van der Waals surface area contributed by atoms with Gasteiger partial charge in [-0.25, -0.2) is 10.4 Å². The number of benzene rings is 3. The summed E-state index contributed by atoms with van der Waals surface area (Å²) in [4.78, 5) is 35.2. The first kappa shape index (κ1) is 34.8. The number of carbonyl (C=O) groups is 2. The SMILES string of the molecule is COc1ccccc1CNNC(=O)[C@@]1(CCC(=O)OC(C)(C)C)N=C(c2ccc(OCCCO)cc2)O[C@H]1c1ccccc1N=[N+]=[N-]. The molecule has 0 saturated heterocycles. The van der Waals surface area contributed by atoms with E-state index in [-0.39, 0.29) is 37.6 Å². The molecule has 0 radical (unpaired) electrons. The molecule has 0 spiro atoms. The number of hydrazine groups is 1. The fraction of sp³-hybridized carbons (Fsp3) is 0.382. The number of aliphatic imine (C=N–C) groups is 1. The number of azide groups is 1. The third-order valence-corrected chi connectivity index (χ3v) is 7.21. The van der Waals surface area contributed by atoms with Crippen LogP contribution in [0.4, 0.5) is 5.69 Å². The molecule has 1 aliphatic rings. The third kappa shape index (κ3) is 9.01. The zero-order valence-electron chi connectivity index (χ0n) is 26.9. The maximum absolute atomic E-state index is 14.4. The lowest BCUT2D eigenvalue weighted by Crippen LogP contribution is -2.52. The summed E-state index contributed by atoms with van der Waals surface area (Å²) in [6.07, 6.45) is -0.847. The Balaban J connectivity index is 1.75. The number of nitrogens with zero attached hydrogens (tertiary/aromatic N) is 4. The van der Waals surface area contributed by atoms with Crippen LogP contribution in [-0.4, -0.2) is 54.3 Å². The minimum atomic E-state index is -1.70. The number of rotatable bonds is 15. The van der Waals surface area contributed by atoms with E-state index in [2.05, 4.69) is 20.9 Å². The van der Waals surface area contributed by atoms with E-state index >= 15 is 0 Å². The topological polar surface area (TPSA) is 176 Å². The molecule has 13 nitrogen and oxygen atoms in total. The zero-order chi connectivity index (χ0) is 33.9. The molecule has 0 aliphatic carbocycles. The summed E-state index contributed by atoms with van der Waals surface area (Å²) in [6, 6.07) is 21.1. The number of hydrogen-bond donors (Lipinski definition) is 3. The van der Waals surface area contributed by atoms with Crippen LogP contribution in [-0.2, 0) is 25.6 Å². The van der Waals surface area contributed by atoms with Crippen molar-refractivity contribution in [2.75, 3.05) is 20.3 Å². The molecule has 0 saturated carbocycles. The molecule has 3 aromatic rings. The van der Waals surface area contributed by atoms with E-state index in [0.29, 0.717) is 35.7 Å². The Morgan fingerprint density at radius 1 is 1.09 bits per heavy atom. The van der Waals surface area contributed by atoms with Gasteiger partial charge >= 0.3 is 5.97 Å². The standard InChI is InChI=1S/C34H40N6O7/c1-33(2,3)47-29(42)18-19-34(32(43)39-36-22-24-10-5-8-13-28(24)44-4)30(26-11-6-7-12-27(26)38-40-35)46-31(37-34)23-14-16-25(17-15-23)45-21-9-20-41/h5-8,10-17,30,36,41H,9,18-22H2,1-4H3,(H,39,43)/t30-,34-/m0/s1. The number of esters is 1. The highest BCUT2D eigenvalue weighted by Crippen LogP contribution is 2.46. The second kappa shape index (κ2) is 15.9. The van der Waals surface area contributed by atoms with E-state index in [1.54, 1.807) is 76.4 Å². The van der Waals surface area contributed by atoms with Gasteiger partial charge in [0.2, 0.25) is 5.90 Å². The van der Waals surface area contributed by atoms with Crippen molar-refractivity contribution < 1.29 is 33.6 Å². The summed E-state index contributed by atoms with van der Waals surface area (Å²) in [5, 5.41) is 12.9. The molecule has 1 amide bonds. The van der Waals surface area contributed by atoms with Crippen LogP contribution in [0.15, 0.2) is 82.9 Å². The van der Waals surface area contributed by atoms with Crippen molar-refractivity contribution in [3.8, 4) is 11.5 Å². The van der Waals surface area contributed by atoms with Gasteiger partial charge in [-0.05, 0) is 63.1 Å². The normalized spacial score (nSPS) is 17.1. The number of nitrogens with one attached hydrogen (secondary N) is 2. The maximum Gasteiger partial charge on any atom is 0.306 e. The van der Waals surface area contributed by atoms with E-state index in [1.165, 1.54) is 0 Å². The molecule has 2 atom stereocenters. The third-order valence-electron chi connectivity index (χ3n) is 7.21. The Kier molecular flexibility index (Phi) is 11.8. The summed E-state index contributed by atoms with van der Waals surface area (Å²) in [7, 11) is 1.56. The van der Waals surface area contributed by atoms with Gasteiger partial charge in [0.15, 0.2) is 11.6 Å². The molecule has 0 fully saturated rings. The lowest BCUT2D eigenvalue weighted by atomic mass is 9.83. The van der Waals surface area contributed by atoms with Crippen LogP contribution in [0.3, 0.4) is 0 Å². The molecule has 1 heterocycles. The monoisotopic (exact) mass is 644 g/mol. The fourth-order valence-corrected chi connectivity index (χ4v) is 5.06. The summed E-state index contributed by atoms with van der Waals surface area (Å²) >= 11 is 0. The van der Waals surface area contributed by atoms with Crippen molar-refractivity contribution in [1.29, 1.82) is 0 Å². The lowest BCUT2D eigenvalue weighted by Gasteiger charge is -2.31. The molecular weight excluding hydrogens is 604 g/mol. The Bertz CT molecular complexity index is 1620. The molecule has 0 aromatic heterocycles. The second-order valence-corrected chi connectivity index (χ2v) is 11.7. The summed E-state index contributed by atoms with van der Waals surface area (Å²) in [5.41, 5.74) is 14.6. The number of amides is 1. The average molecular weight is 645 g/mol. The number of para-hydroxylation sites is 1. The van der Waals surface area contributed by atoms with Crippen LogP contribution in [0, 0.1) is 0 Å². The summed E-state index contributed by atoms with van der Waals surface area (Å²) in [6.45, 7) is 5.89. The van der Waals surface area contributed by atoms with Crippen molar-refractivity contribution in [2.45, 2.75) is 63.8 Å². The molecule has 4 rings (SSSR count). The van der Waals surface area contributed by atoms with Crippen molar-refractivity contribution >= 4 is 23.5 Å². The summed E-state index contributed by atoms with van der Waals surface area (Å²) < 4.78 is 23.1. The predicted octanol–water partition coefficient (Wildman–Crippen LogP) is 5.60. The number of methoxy groups -OCH3 is 1. The smallest absolute Gasteiger partial charge is 0.306 e. The van der Waals surface area contributed by atoms with Gasteiger partial charge in [0.1, 0.15) is 17.1 Å². The number of hydrogen-bond acceptors (Lipinski definition) is 10. The molecule has 3 aromatic carbocycles. The zero-order valence-corrected chi connectivity index (χ0v) is 26.9. The van der Waals surface area contributed by atoms with Crippen LogP contribution < -0.4 is 20.3 Å². The largest absolute Gasteiger partial charge is 0.496 e. The molecule has 0 bridgehead atoms. The van der Waals surface area contributed by atoms with E-state index in [1.807, 2.05) is 24.3 Å². The molecule has 13 heteroatoms. The molecular formula is C34H40N6O7. The highest BCUT2D eigenvalue weighted by atomic mass is 16.6. The minimum absolute atomic E-state index is 0.0165. The van der Waals surface area contributed by atoms with Crippen LogP contribution >= 0.6 is 0 Å². The molecule has 248 valence electrons. The quantitative estimate of drug-likeness (QED) is 0.0478. The van der Waals surface area contributed by atoms with Crippen molar-refractivity contribution in [3.05, 3.63) is 99.9 Å². The average Bonchev–Trinajstić information content (AvgIpc) is 3.45.